The standard InChI is InChI=1S/C21H31ClN4O3/c1-3-26(4-2)19(27)12-29-18-11-17(23)16(22)10-15(18)20(28)24-13-21-6-5-8-25(14-21)9-7-21/h10-11H,3-9,12-14,23H2,1-2H3,(H,24,28). The van der Waals surface area contributed by atoms with Crippen LogP contribution in [0.25, 0.3) is 0 Å². The first-order chi connectivity index (χ1) is 13.9. The van der Waals surface area contributed by atoms with E-state index in [0.29, 0.717) is 35.9 Å². The van der Waals surface area contributed by atoms with Gasteiger partial charge >= 0.3 is 0 Å². The summed E-state index contributed by atoms with van der Waals surface area (Å²) in [5, 5.41) is 3.36. The molecule has 7 nitrogen and oxygen atoms in total. The van der Waals surface area contributed by atoms with Crippen molar-refractivity contribution in [3.05, 3.63) is 22.7 Å². The Morgan fingerprint density at radius 2 is 2.03 bits per heavy atom. The number of hydrogen-bond acceptors (Lipinski definition) is 5. The number of nitrogens with two attached hydrogens (primary N) is 1. The third-order valence-electron chi connectivity index (χ3n) is 6.13. The van der Waals surface area contributed by atoms with E-state index in [0.717, 1.165) is 32.5 Å². The second kappa shape index (κ2) is 9.22. The summed E-state index contributed by atoms with van der Waals surface area (Å²) in [4.78, 5) is 29.3. The summed E-state index contributed by atoms with van der Waals surface area (Å²) in [5.74, 6) is -0.114. The SMILES string of the molecule is CCN(CC)C(=O)COc1cc(N)c(Cl)cc1C(=O)NCC12CCCN(CC1)C2. The molecule has 0 saturated carbocycles. The maximum absolute atomic E-state index is 12.9. The number of ether oxygens (including phenoxy) is 1. The van der Waals surface area contributed by atoms with Crippen molar-refractivity contribution in [3.63, 3.8) is 0 Å². The first-order valence-corrected chi connectivity index (χ1v) is 10.8. The van der Waals surface area contributed by atoms with Gasteiger partial charge in [0.25, 0.3) is 11.8 Å². The second-order valence-electron chi connectivity index (χ2n) is 8.04. The largest absolute Gasteiger partial charge is 0.483 e. The quantitative estimate of drug-likeness (QED) is 0.628. The second-order valence-corrected chi connectivity index (χ2v) is 8.44. The normalized spacial score (nSPS) is 22.9. The van der Waals surface area contributed by atoms with Crippen LogP contribution in [0.15, 0.2) is 12.1 Å². The minimum atomic E-state index is -0.254. The Morgan fingerprint density at radius 1 is 1.28 bits per heavy atom. The third kappa shape index (κ3) is 4.95. The van der Waals surface area contributed by atoms with E-state index in [2.05, 4.69) is 10.2 Å². The lowest BCUT2D eigenvalue weighted by Crippen LogP contribution is -2.42. The monoisotopic (exact) mass is 422 g/mol. The molecule has 2 aliphatic heterocycles. The predicted octanol–water partition coefficient (Wildman–Crippen LogP) is 2.39. The van der Waals surface area contributed by atoms with Crippen molar-refractivity contribution in [2.45, 2.75) is 33.1 Å². The average molecular weight is 423 g/mol. The van der Waals surface area contributed by atoms with Gasteiger partial charge < -0.3 is 25.6 Å². The fraction of sp³-hybridized carbons (Fsp3) is 0.619. The molecule has 8 heteroatoms. The van der Waals surface area contributed by atoms with Gasteiger partial charge in [0.15, 0.2) is 6.61 Å². The fourth-order valence-electron chi connectivity index (χ4n) is 4.37. The number of halogens is 1. The van der Waals surface area contributed by atoms with Gasteiger partial charge in [-0.1, -0.05) is 11.6 Å². The number of nitrogens with one attached hydrogen (secondary N) is 1. The minimum Gasteiger partial charge on any atom is -0.483 e. The Kier molecular flexibility index (Phi) is 6.90. The number of rotatable bonds is 8. The van der Waals surface area contributed by atoms with Gasteiger partial charge in [-0.2, -0.15) is 0 Å². The van der Waals surface area contributed by atoms with Crippen molar-refractivity contribution < 1.29 is 14.3 Å². The zero-order chi connectivity index (χ0) is 21.0. The van der Waals surface area contributed by atoms with Crippen LogP contribution in [0.5, 0.6) is 5.75 Å². The number of nitrogens with zero attached hydrogens (tertiary/aromatic N) is 2. The highest BCUT2D eigenvalue weighted by Gasteiger charge is 2.40. The zero-order valence-corrected chi connectivity index (χ0v) is 18.1. The molecule has 2 unspecified atom stereocenters. The maximum atomic E-state index is 12.9. The molecule has 2 saturated heterocycles. The number of anilines is 1. The van der Waals surface area contributed by atoms with Crippen LogP contribution >= 0.6 is 11.6 Å². The summed E-state index contributed by atoms with van der Waals surface area (Å²) >= 11 is 6.16. The molecule has 0 spiro atoms. The Balaban J connectivity index is 1.69. The summed E-state index contributed by atoms with van der Waals surface area (Å²) in [6.07, 6.45) is 3.41. The van der Waals surface area contributed by atoms with Crippen molar-refractivity contribution in [1.82, 2.24) is 15.1 Å². The number of carbonyl (C=O) groups is 2. The number of benzene rings is 1. The Morgan fingerprint density at radius 3 is 2.76 bits per heavy atom. The van der Waals surface area contributed by atoms with Crippen LogP contribution in [0.2, 0.25) is 5.02 Å². The molecular weight excluding hydrogens is 392 g/mol. The van der Waals surface area contributed by atoms with E-state index in [1.807, 2.05) is 13.8 Å². The molecule has 2 amide bonds. The molecule has 1 aromatic rings. The lowest BCUT2D eigenvalue weighted by Gasteiger charge is -2.34. The lowest BCUT2D eigenvalue weighted by molar-refractivity contribution is -0.132. The van der Waals surface area contributed by atoms with E-state index in [1.54, 1.807) is 4.90 Å². The van der Waals surface area contributed by atoms with Crippen molar-refractivity contribution in [3.8, 4) is 5.75 Å². The third-order valence-corrected chi connectivity index (χ3v) is 6.46. The van der Waals surface area contributed by atoms with Crippen molar-refractivity contribution in [1.29, 1.82) is 0 Å². The van der Waals surface area contributed by atoms with Crippen molar-refractivity contribution in [2.24, 2.45) is 5.41 Å². The van der Waals surface area contributed by atoms with Gasteiger partial charge in [-0.3, -0.25) is 9.59 Å². The molecule has 1 aromatic carbocycles. The number of amides is 2. The van der Waals surface area contributed by atoms with E-state index in [-0.39, 0.29) is 29.6 Å². The highest BCUT2D eigenvalue weighted by molar-refractivity contribution is 6.33. The van der Waals surface area contributed by atoms with Crippen molar-refractivity contribution in [2.75, 3.05) is 51.6 Å². The molecule has 2 bridgehead atoms. The molecule has 2 heterocycles. The molecule has 2 fully saturated rings. The summed E-state index contributed by atoms with van der Waals surface area (Å²) in [6, 6.07) is 3.03. The Labute approximate surface area is 177 Å². The molecule has 2 atom stereocenters. The molecule has 3 N–H and O–H groups in total. The molecule has 2 aliphatic rings. The number of likely N-dealkylation sites (N-methyl/N-ethyl adjacent to an activating group) is 1. The van der Waals surface area contributed by atoms with Gasteiger partial charge in [0, 0.05) is 37.7 Å². The van der Waals surface area contributed by atoms with Crippen LogP contribution in [0.1, 0.15) is 43.5 Å². The minimum absolute atomic E-state index is 0.137. The summed E-state index contributed by atoms with van der Waals surface area (Å²) in [6.45, 7) is 8.81. The highest BCUT2D eigenvalue weighted by Crippen LogP contribution is 2.38. The number of carbonyl (C=O) groups excluding carboxylic acids is 2. The molecule has 0 radical (unpaired) electrons. The molecule has 3 rings (SSSR count). The molecule has 160 valence electrons. The van der Waals surface area contributed by atoms with Crippen LogP contribution in [0.3, 0.4) is 0 Å². The first kappa shape index (κ1) is 21.7. The van der Waals surface area contributed by atoms with Crippen LogP contribution in [0, 0.1) is 5.41 Å². The topological polar surface area (TPSA) is 87.9 Å². The maximum Gasteiger partial charge on any atom is 0.260 e. The van der Waals surface area contributed by atoms with Crippen LogP contribution in [-0.4, -0.2) is 67.5 Å². The number of piperidine rings is 1. The molecule has 0 aromatic heterocycles. The molecular formula is C21H31ClN4O3. The van der Waals surface area contributed by atoms with Gasteiger partial charge in [0.1, 0.15) is 5.75 Å². The molecule has 29 heavy (non-hydrogen) atoms. The van der Waals surface area contributed by atoms with Crippen LogP contribution < -0.4 is 15.8 Å². The van der Waals surface area contributed by atoms with Crippen LogP contribution in [0.4, 0.5) is 5.69 Å². The summed E-state index contributed by atoms with van der Waals surface area (Å²) < 4.78 is 5.69. The average Bonchev–Trinajstić information content (AvgIpc) is 3.01. The fourth-order valence-corrected chi connectivity index (χ4v) is 4.53. The summed E-state index contributed by atoms with van der Waals surface area (Å²) in [7, 11) is 0. The van der Waals surface area contributed by atoms with Crippen molar-refractivity contribution >= 4 is 29.1 Å². The Hall–Kier alpha value is -1.99. The lowest BCUT2D eigenvalue weighted by atomic mass is 9.81. The van der Waals surface area contributed by atoms with Gasteiger partial charge in [0.05, 0.1) is 16.3 Å². The first-order valence-electron chi connectivity index (χ1n) is 10.4. The van der Waals surface area contributed by atoms with Gasteiger partial charge in [-0.25, -0.2) is 0 Å². The van der Waals surface area contributed by atoms with E-state index < -0.39 is 0 Å². The smallest absolute Gasteiger partial charge is 0.260 e. The van der Waals surface area contributed by atoms with E-state index in [4.69, 9.17) is 22.1 Å². The number of hydrogen-bond donors (Lipinski definition) is 2. The highest BCUT2D eigenvalue weighted by atomic mass is 35.5. The van der Waals surface area contributed by atoms with E-state index in [9.17, 15) is 9.59 Å². The van der Waals surface area contributed by atoms with Gasteiger partial charge in [-0.15, -0.1) is 0 Å². The van der Waals surface area contributed by atoms with Gasteiger partial charge in [0.2, 0.25) is 0 Å². The Bertz CT molecular complexity index is 765. The van der Waals surface area contributed by atoms with Gasteiger partial charge in [-0.05, 0) is 52.3 Å². The van der Waals surface area contributed by atoms with E-state index in [1.165, 1.54) is 18.6 Å². The van der Waals surface area contributed by atoms with E-state index >= 15 is 0 Å². The number of nitrogen functional groups attached to an aromatic ring is 1. The predicted molar refractivity (Wildman–Crippen MR) is 114 cm³/mol. The number of fused-ring (bicyclic) bond motifs is 2. The van der Waals surface area contributed by atoms with Crippen LogP contribution in [-0.2, 0) is 4.79 Å². The zero-order valence-electron chi connectivity index (χ0n) is 17.3. The molecule has 0 aliphatic carbocycles. The summed E-state index contributed by atoms with van der Waals surface area (Å²) in [5.41, 5.74) is 6.68.